The first kappa shape index (κ1) is 15.5. The van der Waals surface area contributed by atoms with Crippen LogP contribution >= 0.6 is 11.6 Å². The first-order valence-electron chi connectivity index (χ1n) is 7.08. The van der Waals surface area contributed by atoms with Crippen molar-refractivity contribution in [1.29, 1.82) is 0 Å². The van der Waals surface area contributed by atoms with Gasteiger partial charge in [0.2, 0.25) is 17.6 Å². The molecule has 0 spiro atoms. The molecular weight excluding hydrogens is 318 g/mol. The molecule has 0 aliphatic rings. The van der Waals surface area contributed by atoms with Gasteiger partial charge in [0.1, 0.15) is 5.75 Å². The minimum absolute atomic E-state index is 0.0997. The normalized spacial score (nSPS) is 10.7. The molecule has 0 unspecified atom stereocenters. The van der Waals surface area contributed by atoms with Crippen molar-refractivity contribution in [2.24, 2.45) is 0 Å². The Balaban J connectivity index is 1.69. The number of pyridine rings is 1. The zero-order chi connectivity index (χ0) is 16.1. The Bertz CT molecular complexity index is 757. The summed E-state index contributed by atoms with van der Waals surface area (Å²) >= 11 is 5.78. The molecule has 3 aromatic rings. The van der Waals surface area contributed by atoms with Crippen molar-refractivity contribution in [1.82, 2.24) is 15.1 Å². The molecule has 1 N–H and O–H groups in total. The molecule has 0 fully saturated rings. The second-order valence-corrected chi connectivity index (χ2v) is 5.22. The van der Waals surface area contributed by atoms with E-state index < -0.39 is 0 Å². The predicted octanol–water partition coefficient (Wildman–Crippen LogP) is 3.50. The molecule has 0 atom stereocenters. The lowest BCUT2D eigenvalue weighted by Gasteiger charge is -2.04. The molecular formula is C16H14ClN3O3. The zero-order valence-electron chi connectivity index (χ0n) is 12.1. The molecule has 1 aromatic carbocycles. The lowest BCUT2D eigenvalue weighted by atomic mass is 10.2. The smallest absolute Gasteiger partial charge is 0.227 e. The quantitative estimate of drug-likeness (QED) is 0.744. The fourth-order valence-electron chi connectivity index (χ4n) is 1.92. The van der Waals surface area contributed by atoms with Crippen LogP contribution in [0.15, 0.2) is 47.1 Å². The molecule has 0 aliphatic heterocycles. The first-order chi connectivity index (χ1) is 11.2. The summed E-state index contributed by atoms with van der Waals surface area (Å²) in [5.41, 5.74) is 0.820. The van der Waals surface area contributed by atoms with E-state index in [1.165, 1.54) is 6.20 Å². The van der Waals surface area contributed by atoms with Crippen molar-refractivity contribution in [3.8, 4) is 23.0 Å². The van der Waals surface area contributed by atoms with E-state index in [2.05, 4.69) is 15.1 Å². The van der Waals surface area contributed by atoms with Gasteiger partial charge >= 0.3 is 0 Å². The number of benzene rings is 1. The highest BCUT2D eigenvalue weighted by molar-refractivity contribution is 6.30. The van der Waals surface area contributed by atoms with Gasteiger partial charge in [0.25, 0.3) is 0 Å². The summed E-state index contributed by atoms with van der Waals surface area (Å²) in [5.74, 6) is 2.13. The maximum atomic E-state index is 8.80. The van der Waals surface area contributed by atoms with Gasteiger partial charge in [-0.25, -0.2) is 4.98 Å². The standard InChI is InChI=1S/C16H14ClN3O3/c17-12-5-8-14(18-10-12)22-13-6-3-11(4-7-13)16-19-15(23-20-16)2-1-9-21/h3-8,10,21H,1-2,9H2. The molecule has 118 valence electrons. The number of ether oxygens (including phenoxy) is 1. The van der Waals surface area contributed by atoms with Crippen LogP contribution in [-0.2, 0) is 6.42 Å². The van der Waals surface area contributed by atoms with Crippen molar-refractivity contribution in [3.05, 3.63) is 53.5 Å². The van der Waals surface area contributed by atoms with E-state index >= 15 is 0 Å². The number of aliphatic hydroxyl groups excluding tert-OH is 1. The minimum atomic E-state index is 0.0997. The SMILES string of the molecule is OCCCc1nc(-c2ccc(Oc3ccc(Cl)cn3)cc2)no1. The third kappa shape index (κ3) is 4.06. The third-order valence-corrected chi connectivity index (χ3v) is 3.28. The van der Waals surface area contributed by atoms with Crippen LogP contribution in [0.1, 0.15) is 12.3 Å². The van der Waals surface area contributed by atoms with Crippen LogP contribution in [0.3, 0.4) is 0 Å². The number of aromatic nitrogens is 3. The third-order valence-electron chi connectivity index (χ3n) is 3.05. The second kappa shape index (κ2) is 7.21. The topological polar surface area (TPSA) is 81.3 Å². The average Bonchev–Trinajstić information content (AvgIpc) is 3.05. The van der Waals surface area contributed by atoms with Gasteiger partial charge in [0.05, 0.1) is 5.02 Å². The monoisotopic (exact) mass is 331 g/mol. The van der Waals surface area contributed by atoms with Crippen LogP contribution in [0.2, 0.25) is 5.02 Å². The maximum absolute atomic E-state index is 8.80. The van der Waals surface area contributed by atoms with E-state index in [-0.39, 0.29) is 6.61 Å². The minimum Gasteiger partial charge on any atom is -0.439 e. The van der Waals surface area contributed by atoms with Crippen LogP contribution < -0.4 is 4.74 Å². The summed E-state index contributed by atoms with van der Waals surface area (Å²) < 4.78 is 10.8. The fraction of sp³-hybridized carbons (Fsp3) is 0.188. The molecule has 23 heavy (non-hydrogen) atoms. The van der Waals surface area contributed by atoms with Gasteiger partial charge in [-0.15, -0.1) is 0 Å². The van der Waals surface area contributed by atoms with E-state index in [0.717, 1.165) is 5.56 Å². The summed E-state index contributed by atoms with van der Waals surface area (Å²) in [6, 6.07) is 10.7. The van der Waals surface area contributed by atoms with Crippen molar-refractivity contribution >= 4 is 11.6 Å². The number of hydrogen-bond donors (Lipinski definition) is 1. The lowest BCUT2D eigenvalue weighted by molar-refractivity contribution is 0.278. The molecule has 0 radical (unpaired) electrons. The summed E-state index contributed by atoms with van der Waals surface area (Å²) in [4.78, 5) is 8.36. The molecule has 0 bridgehead atoms. The van der Waals surface area contributed by atoms with Crippen LogP contribution in [0.5, 0.6) is 11.6 Å². The van der Waals surface area contributed by atoms with Crippen LogP contribution in [0.4, 0.5) is 0 Å². The maximum Gasteiger partial charge on any atom is 0.227 e. The highest BCUT2D eigenvalue weighted by atomic mass is 35.5. The summed E-state index contributed by atoms with van der Waals surface area (Å²) in [5, 5.41) is 13.3. The first-order valence-corrected chi connectivity index (χ1v) is 7.46. The van der Waals surface area contributed by atoms with E-state index in [4.69, 9.17) is 26.0 Å². The van der Waals surface area contributed by atoms with E-state index in [1.807, 2.05) is 12.1 Å². The zero-order valence-corrected chi connectivity index (χ0v) is 12.9. The van der Waals surface area contributed by atoms with Gasteiger partial charge in [-0.3, -0.25) is 0 Å². The Labute approximate surface area is 137 Å². The molecule has 2 aromatic heterocycles. The second-order valence-electron chi connectivity index (χ2n) is 4.78. The Morgan fingerprint density at radius 3 is 2.65 bits per heavy atom. The van der Waals surface area contributed by atoms with Crippen LogP contribution in [0, 0.1) is 0 Å². The van der Waals surface area contributed by atoms with E-state index in [9.17, 15) is 0 Å². The van der Waals surface area contributed by atoms with Crippen LogP contribution in [-0.4, -0.2) is 26.8 Å². The van der Waals surface area contributed by atoms with Gasteiger partial charge in [-0.2, -0.15) is 4.98 Å². The molecule has 0 saturated carbocycles. The number of halogens is 1. The molecule has 0 aliphatic carbocycles. The van der Waals surface area contributed by atoms with Crippen molar-refractivity contribution < 1.29 is 14.4 Å². The van der Waals surface area contributed by atoms with Gasteiger partial charge < -0.3 is 14.4 Å². The van der Waals surface area contributed by atoms with E-state index in [1.54, 1.807) is 24.3 Å². The Hall–Kier alpha value is -2.44. The van der Waals surface area contributed by atoms with Gasteiger partial charge in [0.15, 0.2) is 0 Å². The fourth-order valence-corrected chi connectivity index (χ4v) is 2.03. The molecule has 2 heterocycles. The number of nitrogens with zero attached hydrogens (tertiary/aromatic N) is 3. The van der Waals surface area contributed by atoms with Gasteiger partial charge in [0, 0.05) is 30.9 Å². The number of rotatable bonds is 6. The molecule has 6 nitrogen and oxygen atoms in total. The summed E-state index contributed by atoms with van der Waals surface area (Å²) in [6.45, 7) is 0.0997. The van der Waals surface area contributed by atoms with Crippen LogP contribution in [0.25, 0.3) is 11.4 Å². The number of hydrogen-bond acceptors (Lipinski definition) is 6. The van der Waals surface area contributed by atoms with Gasteiger partial charge in [-0.05, 0) is 36.8 Å². The predicted molar refractivity (Wildman–Crippen MR) is 84.5 cm³/mol. The average molecular weight is 332 g/mol. The Morgan fingerprint density at radius 1 is 1.13 bits per heavy atom. The molecule has 7 heteroatoms. The summed E-state index contributed by atoms with van der Waals surface area (Å²) in [7, 11) is 0. The van der Waals surface area contributed by atoms with Crippen molar-refractivity contribution in [2.75, 3.05) is 6.61 Å². The largest absolute Gasteiger partial charge is 0.439 e. The Kier molecular flexibility index (Phi) is 4.85. The lowest BCUT2D eigenvalue weighted by Crippen LogP contribution is -1.90. The number of aliphatic hydroxyl groups is 1. The van der Waals surface area contributed by atoms with Crippen molar-refractivity contribution in [3.63, 3.8) is 0 Å². The molecule has 3 rings (SSSR count). The van der Waals surface area contributed by atoms with Crippen molar-refractivity contribution in [2.45, 2.75) is 12.8 Å². The van der Waals surface area contributed by atoms with Gasteiger partial charge in [-0.1, -0.05) is 16.8 Å². The Morgan fingerprint density at radius 2 is 1.96 bits per heavy atom. The summed E-state index contributed by atoms with van der Waals surface area (Å²) in [6.07, 6.45) is 2.69. The van der Waals surface area contributed by atoms with E-state index in [0.29, 0.717) is 41.2 Å². The highest BCUT2D eigenvalue weighted by Crippen LogP contribution is 2.24. The molecule has 0 amide bonds. The molecule has 0 saturated heterocycles. The number of aryl methyl sites for hydroxylation is 1. The highest BCUT2D eigenvalue weighted by Gasteiger charge is 2.08.